The lowest BCUT2D eigenvalue weighted by Gasteiger charge is -2.28. The molecule has 2 N–H and O–H groups in total. The number of carbonyl (C=O) groups excluding carboxylic acids is 1. The van der Waals surface area contributed by atoms with Gasteiger partial charge in [-0.05, 0) is 63.9 Å². The number of carbonyl (C=O) groups is 1. The lowest BCUT2D eigenvalue weighted by atomic mass is 9.96. The van der Waals surface area contributed by atoms with Crippen LogP contribution in [-0.2, 0) is 11.0 Å². The zero-order valence-electron chi connectivity index (χ0n) is 15.4. The standard InChI is InChI=1S/C19H26F3N3O/c1-18(2,23-3)17(26)24-16-9-4-12-10-25(11-15(12)16)14-7-5-13(6-8-14)19(20,21)22/h5-8,12,15-16,23H,4,9-11H2,1-3H3,(H,24,26)/t12-,15+,16+/m1/s1. The Morgan fingerprint density at radius 2 is 1.77 bits per heavy atom. The summed E-state index contributed by atoms with van der Waals surface area (Å²) in [4.78, 5) is 14.6. The highest BCUT2D eigenvalue weighted by atomic mass is 19.4. The van der Waals surface area contributed by atoms with Gasteiger partial charge in [0.2, 0.25) is 5.91 Å². The number of anilines is 1. The zero-order chi connectivity index (χ0) is 19.1. The lowest BCUT2D eigenvalue weighted by Crippen LogP contribution is -2.54. The monoisotopic (exact) mass is 369 g/mol. The van der Waals surface area contributed by atoms with Gasteiger partial charge in [-0.15, -0.1) is 0 Å². The maximum Gasteiger partial charge on any atom is 0.416 e. The van der Waals surface area contributed by atoms with Crippen molar-refractivity contribution >= 4 is 11.6 Å². The van der Waals surface area contributed by atoms with E-state index in [1.54, 1.807) is 19.2 Å². The van der Waals surface area contributed by atoms with Gasteiger partial charge in [-0.2, -0.15) is 13.2 Å². The van der Waals surface area contributed by atoms with E-state index in [1.807, 2.05) is 13.8 Å². The predicted octanol–water partition coefficient (Wildman–Crippen LogP) is 3.03. The molecule has 1 aliphatic heterocycles. The van der Waals surface area contributed by atoms with Crippen molar-refractivity contribution in [3.05, 3.63) is 29.8 Å². The molecule has 1 aromatic carbocycles. The molecule has 3 atom stereocenters. The normalized spacial score (nSPS) is 26.1. The second kappa shape index (κ2) is 6.76. The molecule has 2 aliphatic rings. The molecule has 1 saturated heterocycles. The number of nitrogens with one attached hydrogen (secondary N) is 2. The predicted molar refractivity (Wildman–Crippen MR) is 94.9 cm³/mol. The molecule has 0 unspecified atom stereocenters. The van der Waals surface area contributed by atoms with E-state index in [9.17, 15) is 18.0 Å². The Hall–Kier alpha value is -1.76. The summed E-state index contributed by atoms with van der Waals surface area (Å²) in [5, 5.41) is 6.18. The first kappa shape index (κ1) is 19.0. The molecule has 1 saturated carbocycles. The fourth-order valence-corrected chi connectivity index (χ4v) is 3.98. The quantitative estimate of drug-likeness (QED) is 0.858. The van der Waals surface area contributed by atoms with Crippen molar-refractivity contribution in [2.45, 2.75) is 44.4 Å². The number of amides is 1. The van der Waals surface area contributed by atoms with Crippen LogP contribution in [0.15, 0.2) is 24.3 Å². The van der Waals surface area contributed by atoms with Crippen molar-refractivity contribution < 1.29 is 18.0 Å². The second-order valence-corrected chi connectivity index (χ2v) is 7.91. The molecular formula is C19H26F3N3O. The maximum absolute atomic E-state index is 12.7. The number of fused-ring (bicyclic) bond motifs is 1. The minimum atomic E-state index is -4.31. The molecule has 7 heteroatoms. The van der Waals surface area contributed by atoms with Crippen molar-refractivity contribution in [2.24, 2.45) is 11.8 Å². The van der Waals surface area contributed by atoms with Gasteiger partial charge in [-0.25, -0.2) is 0 Å². The minimum Gasteiger partial charge on any atom is -0.371 e. The Balaban J connectivity index is 1.65. The first-order valence-electron chi connectivity index (χ1n) is 9.04. The third kappa shape index (κ3) is 3.68. The van der Waals surface area contributed by atoms with E-state index in [1.165, 1.54) is 0 Å². The van der Waals surface area contributed by atoms with Crippen molar-refractivity contribution in [1.29, 1.82) is 0 Å². The van der Waals surface area contributed by atoms with Crippen molar-refractivity contribution in [3.63, 3.8) is 0 Å². The fraction of sp³-hybridized carbons (Fsp3) is 0.632. The van der Waals surface area contributed by atoms with Gasteiger partial charge in [0.1, 0.15) is 0 Å². The summed E-state index contributed by atoms with van der Waals surface area (Å²) in [6.07, 6.45) is -2.32. The van der Waals surface area contributed by atoms with Crippen LogP contribution in [0.3, 0.4) is 0 Å². The number of rotatable bonds is 4. The maximum atomic E-state index is 12.7. The summed E-state index contributed by atoms with van der Waals surface area (Å²) < 4.78 is 38.2. The van der Waals surface area contributed by atoms with Gasteiger partial charge in [0.15, 0.2) is 0 Å². The van der Waals surface area contributed by atoms with E-state index >= 15 is 0 Å². The fourth-order valence-electron chi connectivity index (χ4n) is 3.98. The molecular weight excluding hydrogens is 343 g/mol. The molecule has 3 rings (SSSR count). The molecule has 4 nitrogen and oxygen atoms in total. The van der Waals surface area contributed by atoms with Crippen molar-refractivity contribution in [2.75, 3.05) is 25.0 Å². The summed E-state index contributed by atoms with van der Waals surface area (Å²) >= 11 is 0. The van der Waals surface area contributed by atoms with E-state index in [-0.39, 0.29) is 11.9 Å². The van der Waals surface area contributed by atoms with Gasteiger partial charge in [0.05, 0.1) is 11.1 Å². The molecule has 26 heavy (non-hydrogen) atoms. The first-order chi connectivity index (χ1) is 12.1. The number of benzene rings is 1. The molecule has 0 bridgehead atoms. The Morgan fingerprint density at radius 1 is 1.12 bits per heavy atom. The third-order valence-electron chi connectivity index (χ3n) is 5.93. The van der Waals surface area contributed by atoms with Crippen molar-refractivity contribution in [1.82, 2.24) is 10.6 Å². The smallest absolute Gasteiger partial charge is 0.371 e. The Kier molecular flexibility index (Phi) is 4.94. The molecule has 1 aliphatic carbocycles. The topological polar surface area (TPSA) is 44.4 Å². The van der Waals surface area contributed by atoms with Crippen LogP contribution in [0.2, 0.25) is 0 Å². The molecule has 0 spiro atoms. The third-order valence-corrected chi connectivity index (χ3v) is 5.93. The number of hydrogen-bond donors (Lipinski definition) is 2. The number of nitrogens with zero attached hydrogens (tertiary/aromatic N) is 1. The molecule has 1 amide bonds. The summed E-state index contributed by atoms with van der Waals surface area (Å²) in [5.74, 6) is 0.799. The zero-order valence-corrected chi connectivity index (χ0v) is 15.4. The summed E-state index contributed by atoms with van der Waals surface area (Å²) in [5.41, 5.74) is -0.433. The molecule has 0 aromatic heterocycles. The van der Waals surface area contributed by atoms with Crippen LogP contribution in [0.25, 0.3) is 0 Å². The van der Waals surface area contributed by atoms with Crippen LogP contribution in [0.1, 0.15) is 32.3 Å². The SMILES string of the molecule is CNC(C)(C)C(=O)N[C@H]1CC[C@@H]2CN(c3ccc(C(F)(F)F)cc3)C[C@@H]21. The molecule has 1 heterocycles. The number of halogens is 3. The first-order valence-corrected chi connectivity index (χ1v) is 9.04. The second-order valence-electron chi connectivity index (χ2n) is 7.91. The highest BCUT2D eigenvalue weighted by Crippen LogP contribution is 2.40. The average Bonchev–Trinajstić information content (AvgIpc) is 3.16. The Morgan fingerprint density at radius 3 is 2.35 bits per heavy atom. The van der Waals surface area contributed by atoms with Gasteiger partial charge in [-0.3, -0.25) is 4.79 Å². The van der Waals surface area contributed by atoms with Crippen LogP contribution in [0.5, 0.6) is 0 Å². The van der Waals surface area contributed by atoms with Gasteiger partial charge >= 0.3 is 6.18 Å². The van der Waals surface area contributed by atoms with Crippen LogP contribution in [-0.4, -0.2) is 37.6 Å². The van der Waals surface area contributed by atoms with E-state index in [0.29, 0.717) is 11.8 Å². The Labute approximate surface area is 152 Å². The van der Waals surface area contributed by atoms with E-state index in [4.69, 9.17) is 0 Å². The number of hydrogen-bond acceptors (Lipinski definition) is 3. The largest absolute Gasteiger partial charge is 0.416 e. The minimum absolute atomic E-state index is 0.0152. The number of alkyl halides is 3. The highest BCUT2D eigenvalue weighted by Gasteiger charge is 2.44. The van der Waals surface area contributed by atoms with E-state index in [0.717, 1.165) is 43.8 Å². The van der Waals surface area contributed by atoms with Crippen molar-refractivity contribution in [3.8, 4) is 0 Å². The highest BCUT2D eigenvalue weighted by molar-refractivity contribution is 5.85. The van der Waals surface area contributed by atoms with Gasteiger partial charge in [0, 0.05) is 30.7 Å². The lowest BCUT2D eigenvalue weighted by molar-refractivity contribution is -0.137. The molecule has 0 radical (unpaired) electrons. The summed E-state index contributed by atoms with van der Waals surface area (Å²) in [7, 11) is 1.76. The van der Waals surface area contributed by atoms with E-state index < -0.39 is 17.3 Å². The van der Waals surface area contributed by atoms with Crippen LogP contribution >= 0.6 is 0 Å². The van der Waals surface area contributed by atoms with Crippen LogP contribution in [0.4, 0.5) is 18.9 Å². The summed E-state index contributed by atoms with van der Waals surface area (Å²) in [6, 6.07) is 5.49. The van der Waals surface area contributed by atoms with Crippen LogP contribution < -0.4 is 15.5 Å². The summed E-state index contributed by atoms with van der Waals surface area (Å²) in [6.45, 7) is 5.29. The molecule has 2 fully saturated rings. The van der Waals surface area contributed by atoms with Gasteiger partial charge in [0.25, 0.3) is 0 Å². The molecule has 144 valence electrons. The van der Waals surface area contributed by atoms with Gasteiger partial charge < -0.3 is 15.5 Å². The van der Waals surface area contributed by atoms with Gasteiger partial charge in [-0.1, -0.05) is 0 Å². The van der Waals surface area contributed by atoms with E-state index in [2.05, 4.69) is 15.5 Å². The Bertz CT molecular complexity index is 657. The van der Waals surface area contributed by atoms with Crippen LogP contribution in [0, 0.1) is 11.8 Å². The number of likely N-dealkylation sites (N-methyl/N-ethyl adjacent to an activating group) is 1. The molecule has 1 aromatic rings. The average molecular weight is 369 g/mol.